The highest BCUT2D eigenvalue weighted by molar-refractivity contribution is 6.01. The minimum atomic E-state index is -1.63. The number of aromatic amines is 1. The first-order valence-electron chi connectivity index (χ1n) is 25.4. The number of nitrogens with two attached hydrogens (primary N) is 7. The van der Waals surface area contributed by atoms with Crippen LogP contribution in [0.1, 0.15) is 103 Å². The van der Waals surface area contributed by atoms with Gasteiger partial charge in [-0.1, -0.05) is 26.3 Å². The summed E-state index contributed by atoms with van der Waals surface area (Å²) >= 11 is 0. The monoisotopic (exact) mass is 1060 g/mol. The van der Waals surface area contributed by atoms with Crippen molar-refractivity contribution < 1.29 is 53.7 Å². The van der Waals surface area contributed by atoms with Crippen LogP contribution in [-0.4, -0.2) is 183 Å². The van der Waals surface area contributed by atoms with Gasteiger partial charge in [-0.25, -0.2) is 9.78 Å². The Kier molecular flexibility index (Phi) is 26.5. The highest BCUT2D eigenvalue weighted by Crippen LogP contribution is 2.51. The largest absolute Gasteiger partial charge is 0.477 e. The van der Waals surface area contributed by atoms with Gasteiger partial charge in [0.2, 0.25) is 41.4 Å². The summed E-state index contributed by atoms with van der Waals surface area (Å²) < 4.78 is 0. The van der Waals surface area contributed by atoms with Gasteiger partial charge in [-0.2, -0.15) is 0 Å². The number of imidazole rings is 1. The summed E-state index contributed by atoms with van der Waals surface area (Å²) in [4.78, 5) is 121. The highest BCUT2D eigenvalue weighted by atomic mass is 16.4. The van der Waals surface area contributed by atoms with E-state index >= 15 is 0 Å². The summed E-state index contributed by atoms with van der Waals surface area (Å²) in [6.45, 7) is 3.46. The molecule has 7 amide bonds. The lowest BCUT2D eigenvalue weighted by atomic mass is 10.0. The molecule has 10 atom stereocenters. The number of hydrogen-bond acceptors (Lipinski definition) is 18. The Morgan fingerprint density at radius 3 is 2.12 bits per heavy atom. The molecule has 0 spiro atoms. The van der Waals surface area contributed by atoms with E-state index in [1.54, 1.807) is 13.8 Å². The molecule has 2 unspecified atom stereocenters. The SMILES string of the molecule is CC(C)[C@H](NC(=O)[C@@H](NC(=O)[C@@H](N)CCCCN)[C@@H](O)CN)C(=O)NCC(O)N[C@H](CCCN)C(=O)N1CCC[C@H]1C(=O)NC1(C(=O)N[C@@H](CCCCN)C(=O)N/C(=C\CCN=C(N)N)C(=O)O)C[C@H]1c1cnc[nH]1. The number of rotatable bonds is 35. The molecule has 1 saturated heterocycles. The van der Waals surface area contributed by atoms with Crippen LogP contribution in [-0.2, 0) is 38.4 Å². The summed E-state index contributed by atoms with van der Waals surface area (Å²) in [5, 5.41) is 49.9. The number of unbranched alkanes of at least 4 members (excludes halogenated alkanes) is 2. The number of amides is 7. The lowest BCUT2D eigenvalue weighted by Crippen LogP contribution is -2.62. The van der Waals surface area contributed by atoms with E-state index < -0.39 is 132 Å². The zero-order valence-corrected chi connectivity index (χ0v) is 42.9. The number of aromatic nitrogens is 2. The fourth-order valence-electron chi connectivity index (χ4n) is 8.56. The predicted octanol–water partition coefficient (Wildman–Crippen LogP) is -6.36. The number of guanidine groups is 1. The Bertz CT molecular complexity index is 2110. The van der Waals surface area contributed by atoms with Crippen LogP contribution < -0.4 is 77.4 Å². The van der Waals surface area contributed by atoms with Crippen molar-refractivity contribution >= 4 is 53.3 Å². The Morgan fingerprint density at radius 2 is 1.52 bits per heavy atom. The van der Waals surface area contributed by atoms with Gasteiger partial charge in [0.25, 0.3) is 0 Å². The number of nitrogens with one attached hydrogen (secondary N) is 8. The molecule has 1 saturated carbocycles. The number of aliphatic carboxylic acids is 1. The first-order valence-corrected chi connectivity index (χ1v) is 25.4. The molecule has 0 bridgehead atoms. The fraction of sp³-hybridized carbons (Fsp3) is 0.696. The molecule has 0 aromatic carbocycles. The highest BCUT2D eigenvalue weighted by Gasteiger charge is 2.63. The van der Waals surface area contributed by atoms with Crippen molar-refractivity contribution in [3.63, 3.8) is 0 Å². The van der Waals surface area contributed by atoms with Crippen LogP contribution in [0.2, 0.25) is 0 Å². The molecule has 1 aliphatic heterocycles. The van der Waals surface area contributed by atoms with Gasteiger partial charge in [0.05, 0.1) is 31.1 Å². The number of nitrogens with zero attached hydrogens (tertiary/aromatic N) is 3. The molecular weight excluding hydrogens is 981 g/mol. The van der Waals surface area contributed by atoms with E-state index in [9.17, 15) is 53.7 Å². The molecule has 75 heavy (non-hydrogen) atoms. The summed E-state index contributed by atoms with van der Waals surface area (Å²) in [7, 11) is 0. The summed E-state index contributed by atoms with van der Waals surface area (Å²) in [6, 6.07) is -7.24. The second-order valence-electron chi connectivity index (χ2n) is 19.1. The van der Waals surface area contributed by atoms with E-state index in [2.05, 4.69) is 52.2 Å². The van der Waals surface area contributed by atoms with Crippen molar-refractivity contribution in [2.45, 2.75) is 151 Å². The van der Waals surface area contributed by atoms with E-state index in [0.29, 0.717) is 50.8 Å². The Labute approximate surface area is 435 Å². The molecule has 3 rings (SSSR count). The van der Waals surface area contributed by atoms with Crippen molar-refractivity contribution in [1.29, 1.82) is 0 Å². The smallest absolute Gasteiger partial charge is 0.352 e. The third-order valence-corrected chi connectivity index (χ3v) is 12.9. The first kappa shape index (κ1) is 63.0. The second kappa shape index (κ2) is 31.5. The third-order valence-electron chi connectivity index (χ3n) is 12.9. The molecule has 1 aliphatic carbocycles. The van der Waals surface area contributed by atoms with Crippen molar-refractivity contribution in [3.8, 4) is 0 Å². The number of aliphatic hydroxyl groups is 2. The average Bonchev–Trinajstić information content (AvgIpc) is 3.66. The number of carbonyl (C=O) groups excluding carboxylic acids is 7. The van der Waals surface area contributed by atoms with Crippen molar-refractivity contribution in [1.82, 2.24) is 52.1 Å². The Morgan fingerprint density at radius 1 is 0.867 bits per heavy atom. The number of likely N-dealkylation sites (tertiary alicyclic amines) is 1. The molecule has 1 aromatic heterocycles. The normalized spacial score (nSPS) is 20.1. The predicted molar refractivity (Wildman–Crippen MR) is 274 cm³/mol. The summed E-state index contributed by atoms with van der Waals surface area (Å²) in [5.74, 6) is -7.99. The third kappa shape index (κ3) is 19.4. The van der Waals surface area contributed by atoms with Crippen molar-refractivity contribution in [2.75, 3.05) is 45.8 Å². The van der Waals surface area contributed by atoms with Gasteiger partial charge in [0.1, 0.15) is 41.6 Å². The fourth-order valence-corrected chi connectivity index (χ4v) is 8.56. The molecule has 2 aliphatic rings. The lowest BCUT2D eigenvalue weighted by Gasteiger charge is -2.31. The molecule has 29 heteroatoms. The number of hydrogen-bond donors (Lipinski definition) is 18. The van der Waals surface area contributed by atoms with Crippen LogP contribution in [0.5, 0.6) is 0 Å². The van der Waals surface area contributed by atoms with Gasteiger partial charge in [-0.05, 0) is 96.2 Å². The van der Waals surface area contributed by atoms with E-state index in [-0.39, 0.29) is 70.7 Å². The van der Waals surface area contributed by atoms with Crippen LogP contribution in [0.25, 0.3) is 0 Å². The number of carbonyl (C=O) groups is 8. The first-order chi connectivity index (χ1) is 35.6. The summed E-state index contributed by atoms with van der Waals surface area (Å²) in [6.07, 6.45) is 4.62. The van der Waals surface area contributed by atoms with Crippen LogP contribution in [0.3, 0.4) is 0 Å². The number of aliphatic imine (C=N–C) groups is 1. The van der Waals surface area contributed by atoms with Crippen LogP contribution in [0.15, 0.2) is 29.3 Å². The van der Waals surface area contributed by atoms with E-state index in [1.165, 1.54) is 23.5 Å². The van der Waals surface area contributed by atoms with Crippen LogP contribution in [0, 0.1) is 5.92 Å². The molecule has 1 aromatic rings. The number of carboxylic acid groups (broad SMARTS) is 1. The second-order valence-corrected chi connectivity index (χ2v) is 19.1. The molecule has 2 fully saturated rings. The van der Waals surface area contributed by atoms with Crippen LogP contribution in [0.4, 0.5) is 0 Å². The lowest BCUT2D eigenvalue weighted by molar-refractivity contribution is -0.142. The molecular formula is C46H82N18O11. The maximum atomic E-state index is 14.4. The zero-order chi connectivity index (χ0) is 55.8. The maximum Gasteiger partial charge on any atom is 0.352 e. The molecule has 2 heterocycles. The number of aliphatic hydroxyl groups excluding tert-OH is 2. The van der Waals surface area contributed by atoms with Gasteiger partial charge in [0, 0.05) is 37.4 Å². The number of H-pyrrole nitrogens is 1. The van der Waals surface area contributed by atoms with Gasteiger partial charge in [-0.15, -0.1) is 0 Å². The molecule has 0 radical (unpaired) electrons. The summed E-state index contributed by atoms with van der Waals surface area (Å²) in [5.41, 5.74) is 37.8. The molecule has 422 valence electrons. The standard InChI is InChI=1S/C46H82N18O11/c1-25(2)35(61-41(71)36(33(65)21-50)62-37(67)27(51)10-3-5-15-47)40(70)56-23-34(66)58-29(12-7-17-49)42(72)64-19-9-14-32(64)39(69)63-46(20-26(46)31-22-54-24-57-31)44(75)60-28(11-4-6-16-48)38(68)59-30(43(73)74)13-8-18-55-45(52)53/h13,22,24-29,32-36,58,65-66H,3-12,14-21,23,47-51H2,1-2H3,(H,54,57)(H,56,70)(H,59,68)(H,60,75)(H,61,71)(H,62,67)(H,63,69)(H,73,74)(H4,52,53,55)/b30-13-/t26-,27-,28-,29+,32-,33-,34?,35-,36-,46?/m0/s1. The van der Waals surface area contributed by atoms with Gasteiger partial charge in [-0.3, -0.25) is 43.9 Å². The zero-order valence-electron chi connectivity index (χ0n) is 42.9. The van der Waals surface area contributed by atoms with Gasteiger partial charge < -0.3 is 97.2 Å². The minimum absolute atomic E-state index is 0.0480. The number of carboxylic acids is 1. The van der Waals surface area contributed by atoms with Gasteiger partial charge >= 0.3 is 5.97 Å². The maximum absolute atomic E-state index is 14.4. The van der Waals surface area contributed by atoms with E-state index in [4.69, 9.17) is 40.1 Å². The molecule has 25 N–H and O–H groups in total. The Balaban J connectivity index is 1.77. The van der Waals surface area contributed by atoms with Gasteiger partial charge in [0.15, 0.2) is 5.96 Å². The topological polar surface area (TPSA) is 508 Å². The molecule has 29 nitrogen and oxygen atoms in total. The van der Waals surface area contributed by atoms with E-state index in [0.717, 1.165) is 0 Å². The van der Waals surface area contributed by atoms with Crippen LogP contribution >= 0.6 is 0 Å². The Hall–Kier alpha value is -6.34. The quantitative estimate of drug-likeness (QED) is 0.00988. The average molecular weight is 1060 g/mol. The van der Waals surface area contributed by atoms with Crippen molar-refractivity contribution in [2.24, 2.45) is 51.0 Å². The van der Waals surface area contributed by atoms with E-state index in [1.807, 2.05) is 0 Å². The van der Waals surface area contributed by atoms with Crippen molar-refractivity contribution in [3.05, 3.63) is 30.0 Å². The minimum Gasteiger partial charge on any atom is -0.477 e.